The van der Waals surface area contributed by atoms with E-state index < -0.39 is 52.5 Å². The van der Waals surface area contributed by atoms with Gasteiger partial charge in [-0.2, -0.15) is 13.2 Å². The van der Waals surface area contributed by atoms with E-state index in [0.717, 1.165) is 6.07 Å². The number of fused-ring (bicyclic) bond motifs is 3. The molecule has 0 aliphatic heterocycles. The highest BCUT2D eigenvalue weighted by Gasteiger charge is 2.47. The first-order valence-electron chi connectivity index (χ1n) is 17.4. The Morgan fingerprint density at radius 1 is 0.920 bits per heavy atom. The lowest BCUT2D eigenvalue weighted by atomic mass is 9.72. The normalized spacial score (nSPS) is 18.5. The molecule has 50 heavy (non-hydrogen) atoms. The Bertz CT molecular complexity index is 1700. The zero-order valence-corrected chi connectivity index (χ0v) is 29.3. The van der Waals surface area contributed by atoms with E-state index in [0.29, 0.717) is 29.5 Å². The fourth-order valence-electron chi connectivity index (χ4n) is 6.91. The number of para-hydroxylation sites is 1. The highest BCUT2D eigenvalue weighted by Crippen LogP contribution is 2.41. The van der Waals surface area contributed by atoms with E-state index in [1.165, 1.54) is 24.3 Å². The Morgan fingerprint density at radius 2 is 1.58 bits per heavy atom. The molecule has 0 saturated carbocycles. The van der Waals surface area contributed by atoms with Crippen molar-refractivity contribution in [2.45, 2.75) is 97.7 Å². The van der Waals surface area contributed by atoms with Crippen LogP contribution in [-0.4, -0.2) is 40.5 Å². The van der Waals surface area contributed by atoms with E-state index in [1.54, 1.807) is 19.1 Å². The van der Waals surface area contributed by atoms with Gasteiger partial charge in [-0.1, -0.05) is 70.9 Å². The number of rotatable bonds is 16. The van der Waals surface area contributed by atoms with E-state index in [1.807, 2.05) is 27.7 Å². The molecule has 8 nitrogen and oxygen atoms in total. The van der Waals surface area contributed by atoms with Gasteiger partial charge in [-0.3, -0.25) is 24.0 Å². The van der Waals surface area contributed by atoms with Gasteiger partial charge >= 0.3 is 6.18 Å². The smallest absolute Gasteiger partial charge is 0.358 e. The van der Waals surface area contributed by atoms with Crippen LogP contribution in [0.4, 0.5) is 17.6 Å². The van der Waals surface area contributed by atoms with Crippen molar-refractivity contribution in [1.29, 1.82) is 0 Å². The minimum Gasteiger partial charge on any atom is -0.358 e. The van der Waals surface area contributed by atoms with Crippen molar-refractivity contribution in [2.75, 3.05) is 6.61 Å². The van der Waals surface area contributed by atoms with Crippen LogP contribution in [0.1, 0.15) is 89.1 Å². The van der Waals surface area contributed by atoms with Crippen LogP contribution in [0, 0.1) is 29.5 Å². The van der Waals surface area contributed by atoms with Crippen LogP contribution in [0.5, 0.6) is 0 Å². The number of aryl methyl sites for hydroxylation is 1. The van der Waals surface area contributed by atoms with Gasteiger partial charge in [0.2, 0.25) is 11.8 Å². The maximum absolute atomic E-state index is 14.6. The Labute approximate surface area is 290 Å². The first-order chi connectivity index (χ1) is 23.6. The third kappa shape index (κ3) is 8.62. The molecule has 4 rings (SSSR count). The van der Waals surface area contributed by atoms with Gasteiger partial charge in [0, 0.05) is 48.6 Å². The molecule has 2 aromatic carbocycles. The number of ketones is 2. The summed E-state index contributed by atoms with van der Waals surface area (Å²) in [7, 11) is 0. The van der Waals surface area contributed by atoms with Crippen LogP contribution in [0.2, 0.25) is 0 Å². The van der Waals surface area contributed by atoms with Crippen molar-refractivity contribution in [3.63, 3.8) is 0 Å². The molecule has 272 valence electrons. The molecule has 1 aliphatic carbocycles. The Kier molecular flexibility index (Phi) is 12.6. The molecule has 1 heterocycles. The van der Waals surface area contributed by atoms with Gasteiger partial charge in [-0.05, 0) is 54.9 Å². The monoisotopic (exact) mass is 701 g/mol. The van der Waals surface area contributed by atoms with Crippen molar-refractivity contribution in [3.8, 4) is 0 Å². The van der Waals surface area contributed by atoms with Gasteiger partial charge in [-0.25, -0.2) is 9.87 Å². The predicted octanol–water partition coefficient (Wildman–Crippen LogP) is 7.22. The van der Waals surface area contributed by atoms with Gasteiger partial charge in [0.25, 0.3) is 0 Å². The number of hydrogen-bond acceptors (Lipinski definition) is 5. The Hall–Kier alpha value is -4.06. The van der Waals surface area contributed by atoms with Crippen molar-refractivity contribution < 1.29 is 41.6 Å². The number of Topliss-reactive ketones (excluding diaryl/α,β-unsaturated/α-hetero) is 2. The molecule has 0 radical (unpaired) electrons. The number of hydrogen-bond donors (Lipinski definition) is 3. The topological polar surface area (TPSA) is 117 Å². The highest BCUT2D eigenvalue weighted by atomic mass is 19.4. The summed E-state index contributed by atoms with van der Waals surface area (Å²) in [5.74, 6) is -4.53. The zero-order chi connectivity index (χ0) is 36.8. The maximum Gasteiger partial charge on any atom is 0.418 e. The minimum atomic E-state index is -4.62. The van der Waals surface area contributed by atoms with E-state index in [9.17, 15) is 36.7 Å². The number of benzene rings is 2. The zero-order valence-electron chi connectivity index (χ0n) is 29.3. The second kappa shape index (κ2) is 16.3. The summed E-state index contributed by atoms with van der Waals surface area (Å²) in [5, 5.41) is 3.30. The summed E-state index contributed by atoms with van der Waals surface area (Å²) in [4.78, 5) is 63.4. The molecule has 0 fully saturated rings. The first kappa shape index (κ1) is 38.7. The number of aromatic nitrogens is 1. The Balaban J connectivity index is 1.73. The number of amides is 2. The van der Waals surface area contributed by atoms with E-state index in [4.69, 9.17) is 4.84 Å². The number of nitrogens with one attached hydrogen (secondary N) is 3. The first-order valence-corrected chi connectivity index (χ1v) is 17.4. The third-order valence-corrected chi connectivity index (χ3v) is 10.4. The SMILES string of the molecule is CCONC(=O)[C@@H](CC(=O)[C@@]1(NC(=O)[C@@H](CC(=O)Cc2ccccc2F)C(C)CC)CCc2[nH]c3c(C(F)(F)F)cccc3c2C1)C(C)CC. The van der Waals surface area contributed by atoms with Crippen LogP contribution >= 0.6 is 0 Å². The molecule has 3 N–H and O–H groups in total. The number of carbonyl (C=O) groups is 4. The lowest BCUT2D eigenvalue weighted by Crippen LogP contribution is -2.60. The summed E-state index contributed by atoms with van der Waals surface area (Å²) in [6.07, 6.45) is -4.05. The highest BCUT2D eigenvalue weighted by molar-refractivity contribution is 5.99. The summed E-state index contributed by atoms with van der Waals surface area (Å²) >= 11 is 0. The van der Waals surface area contributed by atoms with Crippen LogP contribution in [0.15, 0.2) is 42.5 Å². The Morgan fingerprint density at radius 3 is 2.20 bits per heavy atom. The van der Waals surface area contributed by atoms with Gasteiger partial charge in [0.15, 0.2) is 5.78 Å². The molecular formula is C38H47F4N3O5. The number of alkyl halides is 3. The van der Waals surface area contributed by atoms with Gasteiger partial charge in [0.1, 0.15) is 17.1 Å². The molecule has 3 aromatic rings. The molecule has 2 unspecified atom stereocenters. The van der Waals surface area contributed by atoms with Crippen LogP contribution in [0.25, 0.3) is 10.9 Å². The van der Waals surface area contributed by atoms with Gasteiger partial charge in [-0.15, -0.1) is 0 Å². The number of aromatic amines is 1. The van der Waals surface area contributed by atoms with E-state index in [-0.39, 0.29) is 73.8 Å². The van der Waals surface area contributed by atoms with Crippen molar-refractivity contribution in [2.24, 2.45) is 23.7 Å². The van der Waals surface area contributed by atoms with Gasteiger partial charge in [0.05, 0.1) is 17.7 Å². The van der Waals surface area contributed by atoms with Crippen molar-refractivity contribution >= 4 is 34.3 Å². The second-order valence-corrected chi connectivity index (χ2v) is 13.6. The minimum absolute atomic E-state index is 0.0649. The molecule has 2 amide bonds. The van der Waals surface area contributed by atoms with E-state index in [2.05, 4.69) is 15.8 Å². The lowest BCUT2D eigenvalue weighted by Gasteiger charge is -2.39. The maximum atomic E-state index is 14.6. The predicted molar refractivity (Wildman–Crippen MR) is 181 cm³/mol. The average Bonchev–Trinajstić information content (AvgIpc) is 3.45. The average molecular weight is 702 g/mol. The fraction of sp³-hybridized carbons (Fsp3) is 0.526. The fourth-order valence-corrected chi connectivity index (χ4v) is 6.91. The van der Waals surface area contributed by atoms with Crippen LogP contribution < -0.4 is 10.8 Å². The summed E-state index contributed by atoms with van der Waals surface area (Å²) in [6.45, 7) is 9.34. The molecule has 1 aromatic heterocycles. The molecule has 0 bridgehead atoms. The quantitative estimate of drug-likeness (QED) is 0.108. The van der Waals surface area contributed by atoms with E-state index >= 15 is 0 Å². The molecule has 1 aliphatic rings. The van der Waals surface area contributed by atoms with Crippen LogP contribution in [-0.2, 0) is 49.5 Å². The molecule has 0 saturated heterocycles. The largest absolute Gasteiger partial charge is 0.418 e. The van der Waals surface area contributed by atoms with Crippen LogP contribution in [0.3, 0.4) is 0 Å². The lowest BCUT2D eigenvalue weighted by molar-refractivity contribution is -0.143. The third-order valence-electron chi connectivity index (χ3n) is 10.4. The summed E-state index contributed by atoms with van der Waals surface area (Å²) in [6, 6.07) is 9.79. The molecule has 5 atom stereocenters. The second-order valence-electron chi connectivity index (χ2n) is 13.6. The summed E-state index contributed by atoms with van der Waals surface area (Å²) < 4.78 is 56.3. The van der Waals surface area contributed by atoms with Crippen molar-refractivity contribution in [1.82, 2.24) is 15.8 Å². The molecule has 12 heteroatoms. The van der Waals surface area contributed by atoms with Crippen molar-refractivity contribution in [3.05, 3.63) is 70.7 Å². The number of carbonyl (C=O) groups excluding carboxylic acids is 4. The number of hydroxylamine groups is 1. The number of halogens is 4. The molecular weight excluding hydrogens is 654 g/mol. The standard InChI is InChI=1S/C38H47F4N3O5/c1-6-22(4)27(19-25(46)18-24-12-9-10-15-31(24)39)35(48)44-37(33(47)20-28(23(5)7-2)36(49)45-50-8-3)17-16-32-29(21-37)26-13-11-14-30(34(26)43-32)38(40,41)42/h9-15,22-23,27-28,43H,6-8,16-21H2,1-5H3,(H,44,48)(H,45,49)/t22?,23?,27-,28-,37+/m0/s1. The molecule has 0 spiro atoms. The van der Waals surface area contributed by atoms with Gasteiger partial charge < -0.3 is 10.3 Å². The number of H-pyrrole nitrogens is 1. The summed E-state index contributed by atoms with van der Waals surface area (Å²) in [5.41, 5.74) is 1.14.